The van der Waals surface area contributed by atoms with E-state index in [0.717, 1.165) is 10.6 Å². The van der Waals surface area contributed by atoms with E-state index in [1.165, 1.54) is 0 Å². The molecule has 2 atom stereocenters. The van der Waals surface area contributed by atoms with Crippen LogP contribution in [0.1, 0.15) is 35.2 Å². The molecule has 6 nitrogen and oxygen atoms in total. The highest BCUT2D eigenvalue weighted by molar-refractivity contribution is 6.30. The lowest BCUT2D eigenvalue weighted by molar-refractivity contribution is -0.153. The van der Waals surface area contributed by atoms with Gasteiger partial charge in [0.25, 0.3) is 5.91 Å². The molecule has 1 aliphatic rings. The van der Waals surface area contributed by atoms with Crippen LogP contribution in [0.2, 0.25) is 5.02 Å². The van der Waals surface area contributed by atoms with E-state index in [4.69, 9.17) is 16.3 Å². The van der Waals surface area contributed by atoms with Gasteiger partial charge in [0.2, 0.25) is 5.91 Å². The van der Waals surface area contributed by atoms with E-state index in [2.05, 4.69) is 5.43 Å². The van der Waals surface area contributed by atoms with E-state index >= 15 is 0 Å². The third-order valence-corrected chi connectivity index (χ3v) is 4.66. The van der Waals surface area contributed by atoms with Gasteiger partial charge in [-0.15, -0.1) is 0 Å². The van der Waals surface area contributed by atoms with Gasteiger partial charge in [-0.1, -0.05) is 41.9 Å². The van der Waals surface area contributed by atoms with Crippen LogP contribution >= 0.6 is 11.6 Å². The third kappa shape index (κ3) is 4.11. The van der Waals surface area contributed by atoms with Crippen molar-refractivity contribution in [2.45, 2.75) is 25.3 Å². The SMILES string of the molecule is CCOC(=O)[C@@H]1[C@H](c2ccccc2)CC(=O)N1NC(=O)c1ccc(Cl)cc1. The number of carbonyl (C=O) groups excluding carboxylic acids is 3. The molecule has 27 heavy (non-hydrogen) atoms. The lowest BCUT2D eigenvalue weighted by Crippen LogP contribution is -2.52. The standard InChI is InChI=1S/C20H19ClN2O4/c1-2-27-20(26)18-16(13-6-4-3-5-7-13)12-17(24)23(18)22-19(25)14-8-10-15(21)11-9-14/h3-11,16,18H,2,12H2,1H3,(H,22,25)/t16-,18-/m0/s1. The van der Waals surface area contributed by atoms with Gasteiger partial charge in [-0.25, -0.2) is 9.80 Å². The zero-order chi connectivity index (χ0) is 19.4. The monoisotopic (exact) mass is 386 g/mol. The average Bonchev–Trinajstić information content (AvgIpc) is 2.99. The lowest BCUT2D eigenvalue weighted by atomic mass is 9.92. The van der Waals surface area contributed by atoms with Gasteiger partial charge in [0.05, 0.1) is 6.61 Å². The Morgan fingerprint density at radius 1 is 1.15 bits per heavy atom. The molecule has 1 N–H and O–H groups in total. The predicted octanol–water partition coefficient (Wildman–Crippen LogP) is 2.93. The Hall–Kier alpha value is -2.86. The van der Waals surface area contributed by atoms with Crippen molar-refractivity contribution < 1.29 is 19.1 Å². The molecule has 0 unspecified atom stereocenters. The fourth-order valence-corrected chi connectivity index (χ4v) is 3.26. The predicted molar refractivity (Wildman–Crippen MR) is 100.0 cm³/mol. The topological polar surface area (TPSA) is 75.7 Å². The smallest absolute Gasteiger partial charge is 0.331 e. The van der Waals surface area contributed by atoms with E-state index in [1.54, 1.807) is 31.2 Å². The summed E-state index contributed by atoms with van der Waals surface area (Å²) >= 11 is 5.84. The van der Waals surface area contributed by atoms with E-state index in [1.807, 2.05) is 30.3 Å². The molecule has 0 aliphatic carbocycles. The lowest BCUT2D eigenvalue weighted by Gasteiger charge is -2.26. The Labute approximate surface area is 162 Å². The van der Waals surface area contributed by atoms with Crippen molar-refractivity contribution in [2.24, 2.45) is 0 Å². The number of halogens is 1. The number of nitrogens with zero attached hydrogens (tertiary/aromatic N) is 1. The number of nitrogens with one attached hydrogen (secondary N) is 1. The number of rotatable bonds is 5. The van der Waals surface area contributed by atoms with Crippen molar-refractivity contribution in [2.75, 3.05) is 6.61 Å². The summed E-state index contributed by atoms with van der Waals surface area (Å²) in [5, 5.41) is 1.59. The molecule has 1 saturated heterocycles. The molecule has 0 bridgehead atoms. The summed E-state index contributed by atoms with van der Waals surface area (Å²) in [6.45, 7) is 1.88. The number of carbonyl (C=O) groups is 3. The second kappa shape index (κ2) is 8.22. The summed E-state index contributed by atoms with van der Waals surface area (Å²) in [6.07, 6.45) is 0.106. The van der Waals surface area contributed by atoms with Crippen molar-refractivity contribution in [3.8, 4) is 0 Å². The Kier molecular flexibility index (Phi) is 5.76. The molecule has 0 saturated carbocycles. The van der Waals surface area contributed by atoms with E-state index in [0.29, 0.717) is 10.6 Å². The summed E-state index contributed by atoms with van der Waals surface area (Å²) < 4.78 is 5.16. The van der Waals surface area contributed by atoms with Gasteiger partial charge < -0.3 is 4.74 Å². The number of hydrogen-bond donors (Lipinski definition) is 1. The number of esters is 1. The molecule has 140 valence electrons. The molecule has 1 heterocycles. The molecule has 2 amide bonds. The molecule has 0 aromatic heterocycles. The van der Waals surface area contributed by atoms with Crippen LogP contribution in [0, 0.1) is 0 Å². The molecule has 2 aromatic carbocycles. The number of ether oxygens (including phenoxy) is 1. The first-order chi connectivity index (χ1) is 13.0. The van der Waals surface area contributed by atoms with Crippen molar-refractivity contribution in [1.29, 1.82) is 0 Å². The highest BCUT2D eigenvalue weighted by atomic mass is 35.5. The van der Waals surface area contributed by atoms with Crippen LogP contribution in [0.5, 0.6) is 0 Å². The number of amides is 2. The normalized spacial score (nSPS) is 19.0. The zero-order valence-corrected chi connectivity index (χ0v) is 15.5. The molecule has 1 aliphatic heterocycles. The minimum absolute atomic E-state index is 0.106. The Bertz CT molecular complexity index is 839. The summed E-state index contributed by atoms with van der Waals surface area (Å²) in [5.41, 5.74) is 3.73. The first kappa shape index (κ1) is 18.9. The molecule has 1 fully saturated rings. The van der Waals surface area contributed by atoms with Gasteiger partial charge in [-0.2, -0.15) is 0 Å². The molecular weight excluding hydrogens is 368 g/mol. The largest absolute Gasteiger partial charge is 0.464 e. The summed E-state index contributed by atoms with van der Waals surface area (Å²) in [6, 6.07) is 14.6. The van der Waals surface area contributed by atoms with Gasteiger partial charge in [0.1, 0.15) is 0 Å². The maximum Gasteiger partial charge on any atom is 0.331 e. The fraction of sp³-hybridized carbons (Fsp3) is 0.250. The second-order valence-electron chi connectivity index (χ2n) is 6.13. The first-order valence-corrected chi connectivity index (χ1v) is 8.99. The second-order valence-corrected chi connectivity index (χ2v) is 6.57. The van der Waals surface area contributed by atoms with E-state index < -0.39 is 23.8 Å². The highest BCUT2D eigenvalue weighted by Crippen LogP contribution is 2.34. The van der Waals surface area contributed by atoms with Gasteiger partial charge in [-0.3, -0.25) is 15.0 Å². The summed E-state index contributed by atoms with van der Waals surface area (Å²) in [4.78, 5) is 37.7. The maximum absolute atomic E-state index is 12.6. The van der Waals surface area contributed by atoms with Crippen LogP contribution in [0.3, 0.4) is 0 Å². The minimum Gasteiger partial charge on any atom is -0.464 e. The van der Waals surface area contributed by atoms with Gasteiger partial charge in [0, 0.05) is 22.9 Å². The van der Waals surface area contributed by atoms with Gasteiger partial charge >= 0.3 is 5.97 Å². The van der Waals surface area contributed by atoms with Crippen LogP contribution in [0.4, 0.5) is 0 Å². The Balaban J connectivity index is 1.87. The Morgan fingerprint density at radius 3 is 2.44 bits per heavy atom. The van der Waals surface area contributed by atoms with Crippen LogP contribution in [-0.2, 0) is 14.3 Å². The molecule has 7 heteroatoms. The van der Waals surface area contributed by atoms with Crippen LogP contribution in [-0.4, -0.2) is 35.4 Å². The first-order valence-electron chi connectivity index (χ1n) is 8.61. The highest BCUT2D eigenvalue weighted by Gasteiger charge is 2.47. The van der Waals surface area contributed by atoms with Gasteiger partial charge in [-0.05, 0) is 36.8 Å². The quantitative estimate of drug-likeness (QED) is 0.801. The third-order valence-electron chi connectivity index (χ3n) is 4.41. The van der Waals surface area contributed by atoms with E-state index in [-0.39, 0.29) is 18.9 Å². The molecule has 2 aromatic rings. The van der Waals surface area contributed by atoms with Crippen molar-refractivity contribution in [1.82, 2.24) is 10.4 Å². The van der Waals surface area contributed by atoms with Crippen LogP contribution in [0.15, 0.2) is 54.6 Å². The fourth-order valence-electron chi connectivity index (χ4n) is 3.14. The van der Waals surface area contributed by atoms with Crippen molar-refractivity contribution in [3.05, 3.63) is 70.7 Å². The van der Waals surface area contributed by atoms with Crippen LogP contribution in [0.25, 0.3) is 0 Å². The molecule has 0 spiro atoms. The molecule has 0 radical (unpaired) electrons. The number of hydrazine groups is 1. The number of hydrogen-bond acceptors (Lipinski definition) is 4. The maximum atomic E-state index is 12.6. The molecular formula is C20H19ClN2O4. The van der Waals surface area contributed by atoms with Gasteiger partial charge in [0.15, 0.2) is 6.04 Å². The van der Waals surface area contributed by atoms with Crippen molar-refractivity contribution >= 4 is 29.4 Å². The average molecular weight is 387 g/mol. The van der Waals surface area contributed by atoms with Crippen LogP contribution < -0.4 is 5.43 Å². The minimum atomic E-state index is -0.920. The number of benzene rings is 2. The molecule has 3 rings (SSSR count). The Morgan fingerprint density at radius 2 is 1.81 bits per heavy atom. The zero-order valence-electron chi connectivity index (χ0n) is 14.7. The van der Waals surface area contributed by atoms with E-state index in [9.17, 15) is 14.4 Å². The summed E-state index contributed by atoms with van der Waals surface area (Å²) in [5.74, 6) is -1.79. The van der Waals surface area contributed by atoms with Crippen molar-refractivity contribution in [3.63, 3.8) is 0 Å². The summed E-state index contributed by atoms with van der Waals surface area (Å²) in [7, 11) is 0.